The van der Waals surface area contributed by atoms with Crippen LogP contribution in [0, 0.1) is 5.92 Å². The van der Waals surface area contributed by atoms with Crippen LogP contribution < -0.4 is 14.8 Å². The molecule has 3 atom stereocenters. The van der Waals surface area contributed by atoms with Crippen molar-refractivity contribution in [2.24, 2.45) is 5.92 Å². The first-order valence-corrected chi connectivity index (χ1v) is 12.8. The summed E-state index contributed by atoms with van der Waals surface area (Å²) in [7, 11) is -0.243. The number of urea groups is 1. The third-order valence-electron chi connectivity index (χ3n) is 5.42. The first-order valence-electron chi connectivity index (χ1n) is 10.9. The summed E-state index contributed by atoms with van der Waals surface area (Å²) in [6.45, 7) is 8.47. The Morgan fingerprint density at radius 3 is 2.48 bits per heavy atom. The lowest BCUT2D eigenvalue weighted by molar-refractivity contribution is 0.0165. The fourth-order valence-corrected chi connectivity index (χ4v) is 4.22. The van der Waals surface area contributed by atoms with E-state index in [2.05, 4.69) is 10.0 Å². The molecular weight excluding hydrogens is 448 g/mol. The zero-order valence-corrected chi connectivity index (χ0v) is 21.2. The van der Waals surface area contributed by atoms with Crippen molar-refractivity contribution >= 4 is 27.6 Å². The van der Waals surface area contributed by atoms with E-state index in [1.165, 1.54) is 18.2 Å². The summed E-state index contributed by atoms with van der Waals surface area (Å²) in [5.41, 5.74) is 0.578. The van der Waals surface area contributed by atoms with E-state index < -0.39 is 10.0 Å². The predicted octanol–water partition coefficient (Wildman–Crippen LogP) is 1.98. The number of fused-ring (bicyclic) bond motifs is 1. The highest BCUT2D eigenvalue weighted by molar-refractivity contribution is 7.92. The second-order valence-electron chi connectivity index (χ2n) is 8.94. The summed E-state index contributed by atoms with van der Waals surface area (Å²) in [5.74, 6) is -0.0854. The normalized spacial score (nSPS) is 22.7. The highest BCUT2D eigenvalue weighted by Gasteiger charge is 2.30. The van der Waals surface area contributed by atoms with Crippen LogP contribution in [-0.4, -0.2) is 88.5 Å². The average Bonchev–Trinajstić information content (AvgIpc) is 2.70. The summed E-state index contributed by atoms with van der Waals surface area (Å²) in [4.78, 5) is 29.3. The standard InChI is InChI=1S/C22H36N4O6S/c1-14(2)23-22(28)26-11-15(3)20(31-6)12-25(5)21(27)18-9-8-17(24-33(7,29)30)10-19(18)32-13-16(26)4/h8-10,14-16,20,24H,11-13H2,1-7H3,(H,23,28)/t15-,16-,20+/m0/s1. The summed E-state index contributed by atoms with van der Waals surface area (Å²) in [6.07, 6.45) is 0.751. The van der Waals surface area contributed by atoms with Crippen molar-refractivity contribution in [1.82, 2.24) is 15.1 Å². The molecule has 186 valence electrons. The predicted molar refractivity (Wildman–Crippen MR) is 127 cm³/mol. The van der Waals surface area contributed by atoms with E-state index in [9.17, 15) is 18.0 Å². The van der Waals surface area contributed by atoms with Gasteiger partial charge in [-0.1, -0.05) is 6.92 Å². The lowest BCUT2D eigenvalue weighted by atomic mass is 10.0. The van der Waals surface area contributed by atoms with Gasteiger partial charge in [-0.25, -0.2) is 13.2 Å². The van der Waals surface area contributed by atoms with Gasteiger partial charge in [0.05, 0.1) is 29.7 Å². The molecule has 1 aliphatic heterocycles. The maximum absolute atomic E-state index is 13.2. The van der Waals surface area contributed by atoms with E-state index in [4.69, 9.17) is 9.47 Å². The fraction of sp³-hybridized carbons (Fsp3) is 0.636. The quantitative estimate of drug-likeness (QED) is 0.675. The Morgan fingerprint density at radius 1 is 1.24 bits per heavy atom. The van der Waals surface area contributed by atoms with Crippen molar-refractivity contribution in [3.8, 4) is 5.75 Å². The molecule has 0 fully saturated rings. The number of benzene rings is 1. The van der Waals surface area contributed by atoms with Crippen molar-refractivity contribution in [2.75, 3.05) is 44.8 Å². The number of nitrogens with one attached hydrogen (secondary N) is 2. The number of carbonyl (C=O) groups excluding carboxylic acids is 2. The number of likely N-dealkylation sites (N-methyl/N-ethyl adjacent to an activating group) is 1. The molecule has 11 heteroatoms. The van der Waals surface area contributed by atoms with Crippen LogP contribution in [0.2, 0.25) is 0 Å². The SMILES string of the molecule is CO[C@@H]1CN(C)C(=O)c2ccc(NS(C)(=O)=O)cc2OC[C@H](C)N(C(=O)NC(C)C)C[C@@H]1C. The minimum atomic E-state index is -3.51. The molecule has 1 aromatic carbocycles. The fourth-order valence-electron chi connectivity index (χ4n) is 3.66. The van der Waals surface area contributed by atoms with E-state index >= 15 is 0 Å². The molecule has 33 heavy (non-hydrogen) atoms. The molecule has 0 aliphatic carbocycles. The maximum Gasteiger partial charge on any atom is 0.317 e. The minimum absolute atomic E-state index is 0.0327. The summed E-state index contributed by atoms with van der Waals surface area (Å²) in [6, 6.07) is 3.97. The largest absolute Gasteiger partial charge is 0.491 e. The number of ether oxygens (including phenoxy) is 2. The van der Waals surface area contributed by atoms with Crippen LogP contribution in [0.25, 0.3) is 0 Å². The van der Waals surface area contributed by atoms with Crippen molar-refractivity contribution in [3.63, 3.8) is 0 Å². The second kappa shape index (κ2) is 11.1. The average molecular weight is 485 g/mol. The first kappa shape index (κ1) is 26.7. The second-order valence-corrected chi connectivity index (χ2v) is 10.7. The smallest absolute Gasteiger partial charge is 0.317 e. The molecule has 10 nitrogen and oxygen atoms in total. The van der Waals surface area contributed by atoms with E-state index in [1.54, 1.807) is 24.0 Å². The molecule has 0 unspecified atom stereocenters. The molecule has 0 aromatic heterocycles. The van der Waals surface area contributed by atoms with Crippen LogP contribution in [0.15, 0.2) is 18.2 Å². The maximum atomic E-state index is 13.2. The Kier molecular flexibility index (Phi) is 8.96. The first-order chi connectivity index (χ1) is 15.3. The molecular formula is C22H36N4O6S. The molecule has 1 heterocycles. The number of rotatable bonds is 4. The van der Waals surface area contributed by atoms with E-state index in [0.717, 1.165) is 6.26 Å². The molecule has 0 saturated heterocycles. The Morgan fingerprint density at radius 2 is 1.91 bits per heavy atom. The summed E-state index contributed by atoms with van der Waals surface area (Å²) >= 11 is 0. The van der Waals surface area contributed by atoms with Crippen LogP contribution in [0.1, 0.15) is 38.1 Å². The molecule has 3 amide bonds. The Balaban J connectivity index is 2.47. The van der Waals surface area contributed by atoms with Gasteiger partial charge in [0.1, 0.15) is 12.4 Å². The number of methoxy groups -OCH3 is 1. The van der Waals surface area contributed by atoms with Crippen molar-refractivity contribution in [1.29, 1.82) is 0 Å². The molecule has 2 rings (SSSR count). The van der Waals surface area contributed by atoms with Gasteiger partial charge in [0.2, 0.25) is 10.0 Å². The molecule has 0 radical (unpaired) electrons. The van der Waals surface area contributed by atoms with Crippen LogP contribution in [0.4, 0.5) is 10.5 Å². The highest BCUT2D eigenvalue weighted by atomic mass is 32.2. The van der Waals surface area contributed by atoms with E-state index in [0.29, 0.717) is 18.7 Å². The Labute approximate surface area is 196 Å². The van der Waals surface area contributed by atoms with Gasteiger partial charge in [-0.3, -0.25) is 9.52 Å². The van der Waals surface area contributed by atoms with Gasteiger partial charge in [0.15, 0.2) is 0 Å². The number of hydrogen-bond donors (Lipinski definition) is 2. The van der Waals surface area contributed by atoms with Gasteiger partial charge in [0.25, 0.3) is 5.91 Å². The minimum Gasteiger partial charge on any atom is -0.491 e. The topological polar surface area (TPSA) is 117 Å². The molecule has 0 saturated carbocycles. The lowest BCUT2D eigenvalue weighted by Crippen LogP contribution is -2.52. The van der Waals surface area contributed by atoms with Gasteiger partial charge in [-0.05, 0) is 32.9 Å². The highest BCUT2D eigenvalue weighted by Crippen LogP contribution is 2.27. The van der Waals surface area contributed by atoms with E-state index in [1.807, 2.05) is 27.7 Å². The third-order valence-corrected chi connectivity index (χ3v) is 6.03. The molecule has 0 spiro atoms. The summed E-state index contributed by atoms with van der Waals surface area (Å²) in [5, 5.41) is 2.93. The zero-order chi connectivity index (χ0) is 24.9. The third kappa shape index (κ3) is 7.50. The van der Waals surface area contributed by atoms with Gasteiger partial charge in [-0.15, -0.1) is 0 Å². The van der Waals surface area contributed by atoms with Crippen LogP contribution >= 0.6 is 0 Å². The number of amides is 3. The van der Waals surface area contributed by atoms with Crippen LogP contribution in [-0.2, 0) is 14.8 Å². The number of hydrogen-bond acceptors (Lipinski definition) is 6. The van der Waals surface area contributed by atoms with Gasteiger partial charge < -0.3 is 24.6 Å². The summed E-state index contributed by atoms with van der Waals surface area (Å²) < 4.78 is 37.4. The zero-order valence-electron chi connectivity index (χ0n) is 20.4. The van der Waals surface area contributed by atoms with E-state index in [-0.39, 0.29) is 54.1 Å². The van der Waals surface area contributed by atoms with Crippen molar-refractivity contribution in [3.05, 3.63) is 23.8 Å². The van der Waals surface area contributed by atoms with Gasteiger partial charge >= 0.3 is 6.03 Å². The Hall–Kier alpha value is -2.53. The van der Waals surface area contributed by atoms with Crippen molar-refractivity contribution < 1.29 is 27.5 Å². The number of sulfonamides is 1. The van der Waals surface area contributed by atoms with Gasteiger partial charge in [0, 0.05) is 45.3 Å². The number of carbonyl (C=O) groups is 2. The number of anilines is 1. The van der Waals surface area contributed by atoms with Crippen LogP contribution in [0.3, 0.4) is 0 Å². The van der Waals surface area contributed by atoms with Gasteiger partial charge in [-0.2, -0.15) is 0 Å². The number of nitrogens with zero attached hydrogens (tertiary/aromatic N) is 2. The molecule has 1 aliphatic rings. The molecule has 1 aromatic rings. The van der Waals surface area contributed by atoms with Crippen molar-refractivity contribution in [2.45, 2.75) is 45.9 Å². The molecule has 2 N–H and O–H groups in total. The lowest BCUT2D eigenvalue weighted by Gasteiger charge is -2.36. The van der Waals surface area contributed by atoms with Crippen LogP contribution in [0.5, 0.6) is 5.75 Å². The Bertz CT molecular complexity index is 952. The monoisotopic (exact) mass is 484 g/mol. The molecule has 0 bridgehead atoms.